The highest BCUT2D eigenvalue weighted by atomic mass is 16.5. The molecule has 1 spiro atoms. The van der Waals surface area contributed by atoms with Gasteiger partial charge in [-0.25, -0.2) is 9.97 Å². The predicted octanol–water partition coefficient (Wildman–Crippen LogP) is 3.00. The molecule has 2 aromatic carbocycles. The lowest BCUT2D eigenvalue weighted by molar-refractivity contribution is -0.123. The summed E-state index contributed by atoms with van der Waals surface area (Å²) in [6.45, 7) is 3.68. The molecule has 38 heavy (non-hydrogen) atoms. The molecule has 10 nitrogen and oxygen atoms in total. The number of aliphatic hydroxyl groups excluding tert-OH is 1. The van der Waals surface area contributed by atoms with Gasteiger partial charge in [0.2, 0.25) is 17.7 Å². The monoisotopic (exact) mass is 513 g/mol. The molecule has 194 valence electrons. The molecule has 0 saturated carbocycles. The van der Waals surface area contributed by atoms with E-state index in [0.29, 0.717) is 35.2 Å². The number of amides is 1. The first kappa shape index (κ1) is 23.0. The summed E-state index contributed by atoms with van der Waals surface area (Å²) < 4.78 is 19.0. The van der Waals surface area contributed by atoms with Crippen LogP contribution in [0.15, 0.2) is 57.6 Å². The van der Waals surface area contributed by atoms with Gasteiger partial charge in [-0.15, -0.1) is 0 Å². The van der Waals surface area contributed by atoms with Gasteiger partial charge in [0.25, 0.3) is 0 Å². The van der Waals surface area contributed by atoms with Crippen LogP contribution in [0.1, 0.15) is 53.9 Å². The summed E-state index contributed by atoms with van der Waals surface area (Å²) in [7, 11) is 0. The average molecular weight is 514 g/mol. The summed E-state index contributed by atoms with van der Waals surface area (Å²) in [4.78, 5) is 22.5. The number of rotatable bonds is 3. The van der Waals surface area contributed by atoms with E-state index in [9.17, 15) is 9.90 Å². The number of carbonyl (C=O) groups is 1. The summed E-state index contributed by atoms with van der Waals surface area (Å²) in [6, 6.07) is 12.6. The molecule has 7 rings (SSSR count). The number of oxazole rings is 2. The number of aliphatic hydroxyl groups is 1. The number of carbonyl (C=O) groups excluding carboxylic acids is 1. The molecule has 5 N–H and O–H groups in total. The molecule has 0 aliphatic carbocycles. The minimum absolute atomic E-state index is 0.0542. The van der Waals surface area contributed by atoms with Crippen LogP contribution in [0.25, 0.3) is 11.6 Å². The van der Waals surface area contributed by atoms with E-state index in [1.54, 1.807) is 0 Å². The third-order valence-corrected chi connectivity index (χ3v) is 7.69. The number of para-hydroxylation sites is 1. The van der Waals surface area contributed by atoms with Crippen LogP contribution in [0.2, 0.25) is 0 Å². The van der Waals surface area contributed by atoms with Gasteiger partial charge in [0.05, 0.1) is 12.6 Å². The van der Waals surface area contributed by atoms with Crippen LogP contribution in [0.3, 0.4) is 0 Å². The van der Waals surface area contributed by atoms with E-state index in [-0.39, 0.29) is 24.3 Å². The molecule has 3 aliphatic heterocycles. The quantitative estimate of drug-likeness (QED) is 0.324. The Morgan fingerprint density at radius 2 is 2.00 bits per heavy atom. The van der Waals surface area contributed by atoms with Gasteiger partial charge in [-0.05, 0) is 35.6 Å². The van der Waals surface area contributed by atoms with Gasteiger partial charge in [-0.1, -0.05) is 44.2 Å². The van der Waals surface area contributed by atoms with Gasteiger partial charge in [-0.2, -0.15) is 0 Å². The number of anilines is 1. The van der Waals surface area contributed by atoms with Crippen molar-refractivity contribution < 1.29 is 23.5 Å². The van der Waals surface area contributed by atoms with Crippen molar-refractivity contribution in [2.75, 3.05) is 5.32 Å². The van der Waals surface area contributed by atoms with E-state index >= 15 is 0 Å². The topological polar surface area (TPSA) is 149 Å². The Morgan fingerprint density at radius 1 is 1.16 bits per heavy atom. The molecule has 2 aromatic heterocycles. The molecule has 1 amide bonds. The maximum absolute atomic E-state index is 13.1. The Morgan fingerprint density at radius 3 is 2.79 bits per heavy atom. The second kappa shape index (κ2) is 8.17. The molecule has 1 unspecified atom stereocenters. The van der Waals surface area contributed by atoms with Crippen LogP contribution in [-0.2, 0) is 23.2 Å². The molecule has 4 bridgehead atoms. The first-order chi connectivity index (χ1) is 18.4. The SMILES string of the molecule is CC(C)[C@@H]1NC(=O)[C@@H](N)Cc2ccc3c(c2)[C@@]2(c4ccccc4NC2O3)c2oc1nc2-c1nc(CO)co1. The van der Waals surface area contributed by atoms with Crippen molar-refractivity contribution in [3.05, 3.63) is 82.8 Å². The number of hydrogen-bond donors (Lipinski definition) is 4. The van der Waals surface area contributed by atoms with Crippen LogP contribution in [0.4, 0.5) is 5.69 Å². The zero-order valence-electron chi connectivity index (χ0n) is 20.9. The Kier molecular flexibility index (Phi) is 4.95. The normalized spacial score (nSPS) is 25.1. The van der Waals surface area contributed by atoms with Crippen molar-refractivity contribution in [2.24, 2.45) is 11.7 Å². The standard InChI is InChI=1S/C28H27N5O5/c1-13(2)21-26-33-22(25-30-15(11-34)12-36-25)23(38-26)28-16-5-3-4-6-19(16)31-27(28)37-20-8-7-14(9-17(20)28)10-18(29)24(35)32-21/h3-9,12-13,18,21,27,31,34H,10-11,29H2,1-2H3,(H,32,35)/t18-,21-,27?,28-/m0/s1. The molecule has 10 heteroatoms. The number of nitrogens with two attached hydrogens (primary N) is 1. The van der Waals surface area contributed by atoms with Crippen molar-refractivity contribution >= 4 is 11.6 Å². The smallest absolute Gasteiger partial charge is 0.249 e. The van der Waals surface area contributed by atoms with Crippen molar-refractivity contribution in [1.82, 2.24) is 15.3 Å². The number of aromatic nitrogens is 2. The van der Waals surface area contributed by atoms with Gasteiger partial charge in [0.15, 0.2) is 17.7 Å². The zero-order valence-corrected chi connectivity index (χ0v) is 20.9. The largest absolute Gasteiger partial charge is 0.469 e. The lowest BCUT2D eigenvalue weighted by Crippen LogP contribution is -2.45. The van der Waals surface area contributed by atoms with Crippen molar-refractivity contribution in [1.29, 1.82) is 0 Å². The summed E-state index contributed by atoms with van der Waals surface area (Å²) in [6.07, 6.45) is 1.23. The average Bonchev–Trinajstić information content (AvgIpc) is 3.66. The molecule has 3 aliphatic rings. The number of nitrogens with one attached hydrogen (secondary N) is 2. The third kappa shape index (κ3) is 3.10. The van der Waals surface area contributed by atoms with E-state index < -0.39 is 23.7 Å². The highest BCUT2D eigenvalue weighted by Crippen LogP contribution is 2.59. The second-order valence-electron chi connectivity index (χ2n) is 10.4. The second-order valence-corrected chi connectivity index (χ2v) is 10.4. The maximum Gasteiger partial charge on any atom is 0.249 e. The zero-order chi connectivity index (χ0) is 26.2. The summed E-state index contributed by atoms with van der Waals surface area (Å²) in [5.74, 6) is 1.37. The highest BCUT2D eigenvalue weighted by Gasteiger charge is 2.61. The first-order valence-corrected chi connectivity index (χ1v) is 12.7. The molecule has 0 fully saturated rings. The molecule has 0 radical (unpaired) electrons. The lowest BCUT2D eigenvalue weighted by Gasteiger charge is -2.28. The maximum atomic E-state index is 13.1. The molecule has 5 heterocycles. The summed E-state index contributed by atoms with van der Waals surface area (Å²) >= 11 is 0. The van der Waals surface area contributed by atoms with Crippen molar-refractivity contribution in [3.63, 3.8) is 0 Å². The summed E-state index contributed by atoms with van der Waals surface area (Å²) in [5, 5.41) is 16.2. The number of benzene rings is 2. The molecular formula is C28H27N5O5. The Bertz CT molecular complexity index is 1580. The van der Waals surface area contributed by atoms with Gasteiger partial charge >= 0.3 is 0 Å². The van der Waals surface area contributed by atoms with Crippen LogP contribution in [0, 0.1) is 5.92 Å². The van der Waals surface area contributed by atoms with Gasteiger partial charge in [-0.3, -0.25) is 4.79 Å². The number of fused-ring (bicyclic) bond motifs is 4. The van der Waals surface area contributed by atoms with Crippen molar-refractivity contribution in [3.8, 4) is 17.3 Å². The molecule has 4 aromatic rings. The van der Waals surface area contributed by atoms with Crippen LogP contribution in [-0.4, -0.2) is 33.3 Å². The molecule has 0 saturated heterocycles. The van der Waals surface area contributed by atoms with Gasteiger partial charge in [0, 0.05) is 11.3 Å². The van der Waals surface area contributed by atoms with Crippen LogP contribution >= 0.6 is 0 Å². The van der Waals surface area contributed by atoms with E-state index in [1.807, 2.05) is 56.3 Å². The summed E-state index contributed by atoms with van der Waals surface area (Å²) in [5.41, 5.74) is 9.86. The fourth-order valence-electron chi connectivity index (χ4n) is 5.84. The first-order valence-electron chi connectivity index (χ1n) is 12.7. The Labute approximate surface area is 218 Å². The number of ether oxygens (including phenoxy) is 1. The predicted molar refractivity (Wildman–Crippen MR) is 136 cm³/mol. The van der Waals surface area contributed by atoms with Crippen LogP contribution in [0.5, 0.6) is 5.75 Å². The Hall–Kier alpha value is -4.15. The van der Waals surface area contributed by atoms with E-state index in [1.165, 1.54) is 6.26 Å². The lowest BCUT2D eigenvalue weighted by atomic mass is 9.72. The third-order valence-electron chi connectivity index (χ3n) is 7.69. The molecular weight excluding hydrogens is 486 g/mol. The van der Waals surface area contributed by atoms with E-state index in [0.717, 1.165) is 22.4 Å². The fourth-order valence-corrected chi connectivity index (χ4v) is 5.84. The minimum atomic E-state index is -0.925. The van der Waals surface area contributed by atoms with Crippen molar-refractivity contribution in [2.45, 2.75) is 50.6 Å². The van der Waals surface area contributed by atoms with Gasteiger partial charge < -0.3 is 35.0 Å². The van der Waals surface area contributed by atoms with Crippen LogP contribution < -0.4 is 21.1 Å². The highest BCUT2D eigenvalue weighted by molar-refractivity contribution is 5.82. The minimum Gasteiger partial charge on any atom is -0.469 e. The Balaban J connectivity index is 1.58. The fraction of sp³-hybridized carbons (Fsp3) is 0.321. The molecule has 4 atom stereocenters. The van der Waals surface area contributed by atoms with Gasteiger partial charge in [0.1, 0.15) is 29.2 Å². The van der Waals surface area contributed by atoms with E-state index in [2.05, 4.69) is 15.6 Å². The number of hydrogen-bond acceptors (Lipinski definition) is 9. The number of nitrogens with zero attached hydrogens (tertiary/aromatic N) is 2. The van der Waals surface area contributed by atoms with E-state index in [4.69, 9.17) is 24.3 Å².